The summed E-state index contributed by atoms with van der Waals surface area (Å²) in [5.74, 6) is -3.14. The molecular weight excluding hydrogens is 588 g/mol. The minimum Gasteiger partial charge on any atom is -0.444 e. The minimum absolute atomic E-state index is 0.0699. The minimum atomic E-state index is -2.68. The van der Waals surface area contributed by atoms with Gasteiger partial charge in [-0.15, -0.1) is 0 Å². The molecule has 3 amide bonds. The molecule has 0 aromatic heterocycles. The fourth-order valence-corrected chi connectivity index (χ4v) is 6.13. The average Bonchev–Trinajstić information content (AvgIpc) is 3.26. The van der Waals surface area contributed by atoms with Gasteiger partial charge in [-0.2, -0.15) is 0 Å². The lowest BCUT2D eigenvalue weighted by Crippen LogP contribution is -2.60. The zero-order valence-electron chi connectivity index (χ0n) is 26.6. The van der Waals surface area contributed by atoms with E-state index in [1.54, 1.807) is 20.8 Å². The van der Waals surface area contributed by atoms with E-state index in [1.807, 2.05) is 33.9 Å². The van der Waals surface area contributed by atoms with Crippen molar-refractivity contribution in [3.8, 4) is 0 Å². The summed E-state index contributed by atoms with van der Waals surface area (Å²) < 4.78 is 41.2. The van der Waals surface area contributed by atoms with E-state index in [0.29, 0.717) is 0 Å². The van der Waals surface area contributed by atoms with Crippen LogP contribution in [0.25, 0.3) is 0 Å². The fourth-order valence-electron chi connectivity index (χ4n) is 4.77. The Morgan fingerprint density at radius 1 is 1.02 bits per heavy atom. The molecule has 1 heterocycles. The molecule has 1 aliphatic rings. The summed E-state index contributed by atoms with van der Waals surface area (Å²) >= 11 is 0. The number of nitrogens with zero attached hydrogens (tertiary/aromatic N) is 1. The van der Waals surface area contributed by atoms with Crippen molar-refractivity contribution in [2.75, 3.05) is 6.54 Å². The Labute approximate surface area is 258 Å². The number of carbonyl (C=O) groups excluding carboxylic acids is 4. The summed E-state index contributed by atoms with van der Waals surface area (Å²) in [6, 6.07) is 7.05. The second-order valence-electron chi connectivity index (χ2n) is 13.8. The lowest BCUT2D eigenvalue weighted by atomic mass is 9.94. The van der Waals surface area contributed by atoms with Crippen LogP contribution >= 0.6 is 0 Å². The van der Waals surface area contributed by atoms with Crippen molar-refractivity contribution in [2.24, 2.45) is 5.73 Å². The van der Waals surface area contributed by atoms with Crippen molar-refractivity contribution in [2.45, 2.75) is 96.3 Å². The number of ketones is 1. The second-order valence-corrected chi connectivity index (χ2v) is 18.5. The predicted octanol–water partition coefficient (Wildman–Crippen LogP) is 5.37. The number of Topliss-reactive ketones (excluding diaryl/α,β-unsaturated/α-hetero) is 1. The van der Waals surface area contributed by atoms with Crippen LogP contribution in [0.2, 0.25) is 18.1 Å². The number of hydrogen-bond acceptors (Lipinski definition) is 6. The Morgan fingerprint density at radius 2 is 1.61 bits per heavy atom. The van der Waals surface area contributed by atoms with E-state index in [1.165, 1.54) is 29.2 Å². The monoisotopic (exact) mass is 631 g/mol. The number of nitrogens with one attached hydrogen (secondary N) is 1. The van der Waals surface area contributed by atoms with E-state index in [9.17, 15) is 28.0 Å². The Bertz CT molecular complexity index is 1400. The molecule has 1 fully saturated rings. The predicted molar refractivity (Wildman–Crippen MR) is 165 cm³/mol. The first-order valence-corrected chi connectivity index (χ1v) is 17.4. The van der Waals surface area contributed by atoms with Crippen molar-refractivity contribution >= 4 is 32.0 Å². The molecule has 9 nitrogen and oxygen atoms in total. The van der Waals surface area contributed by atoms with Gasteiger partial charge in [0, 0.05) is 23.6 Å². The van der Waals surface area contributed by atoms with Crippen LogP contribution < -0.4 is 11.1 Å². The van der Waals surface area contributed by atoms with Gasteiger partial charge in [-0.25, -0.2) is 13.6 Å². The van der Waals surface area contributed by atoms with Gasteiger partial charge in [0.05, 0.1) is 24.7 Å². The van der Waals surface area contributed by atoms with E-state index in [-0.39, 0.29) is 46.9 Å². The molecule has 1 saturated heterocycles. The van der Waals surface area contributed by atoms with Crippen LogP contribution in [0.15, 0.2) is 42.5 Å². The Kier molecular flexibility index (Phi) is 10.4. The van der Waals surface area contributed by atoms with E-state index >= 15 is 0 Å². The molecule has 2 aromatic carbocycles. The zero-order valence-corrected chi connectivity index (χ0v) is 27.6. The Balaban J connectivity index is 2.16. The first-order chi connectivity index (χ1) is 20.2. The molecule has 3 atom stereocenters. The topological polar surface area (TPSA) is 128 Å². The van der Waals surface area contributed by atoms with E-state index in [0.717, 1.165) is 18.2 Å². The molecule has 3 unspecified atom stereocenters. The number of primary amides is 1. The molecule has 240 valence electrons. The maximum absolute atomic E-state index is 14.3. The molecule has 2 aromatic rings. The third-order valence-electron chi connectivity index (χ3n) is 7.93. The van der Waals surface area contributed by atoms with Crippen molar-refractivity contribution in [1.29, 1.82) is 0 Å². The molecule has 0 radical (unpaired) electrons. The molecule has 3 rings (SSSR count). The number of benzene rings is 2. The lowest BCUT2D eigenvalue weighted by Gasteiger charge is -2.45. The summed E-state index contributed by atoms with van der Waals surface area (Å²) in [5, 5.41) is 2.61. The smallest absolute Gasteiger partial charge is 0.411 e. The van der Waals surface area contributed by atoms with Crippen LogP contribution in [0.1, 0.15) is 74.2 Å². The maximum Gasteiger partial charge on any atom is 0.411 e. The summed E-state index contributed by atoms with van der Waals surface area (Å²) in [6.07, 6.45) is -1.86. The van der Waals surface area contributed by atoms with Gasteiger partial charge >= 0.3 is 6.09 Å². The first-order valence-electron chi connectivity index (χ1n) is 14.5. The van der Waals surface area contributed by atoms with Gasteiger partial charge in [-0.05, 0) is 81.2 Å². The standard InChI is InChI=1S/C32H43F2N3O6Si/c1-31(2,3)42-30(41)37-18-24(38)17-26(37)27(43-44(7,8)32(4,5)6)25(14-19-12-22(33)16-23(34)13-19)36-29(40)21-11-9-10-20(15-21)28(35)39/h9-13,15-16,25-27H,14,17-18H2,1-8H3,(H2,35,39)(H,36,40). The average molecular weight is 632 g/mol. The second kappa shape index (κ2) is 13.2. The number of nitrogens with two attached hydrogens (primary N) is 1. The summed E-state index contributed by atoms with van der Waals surface area (Å²) in [7, 11) is -2.68. The third-order valence-corrected chi connectivity index (χ3v) is 12.4. The number of hydrogen-bond donors (Lipinski definition) is 2. The van der Waals surface area contributed by atoms with Crippen molar-refractivity contribution in [1.82, 2.24) is 10.2 Å². The normalized spacial score (nSPS) is 17.3. The number of ether oxygens (including phenoxy) is 1. The number of amides is 3. The molecule has 0 spiro atoms. The van der Waals surface area contributed by atoms with Gasteiger partial charge in [0.25, 0.3) is 5.91 Å². The van der Waals surface area contributed by atoms with Gasteiger partial charge in [0.2, 0.25) is 5.91 Å². The largest absolute Gasteiger partial charge is 0.444 e. The highest BCUT2D eigenvalue weighted by molar-refractivity contribution is 6.74. The lowest BCUT2D eigenvalue weighted by molar-refractivity contribution is -0.117. The van der Waals surface area contributed by atoms with Gasteiger partial charge < -0.3 is 20.2 Å². The summed E-state index contributed by atoms with van der Waals surface area (Å²) in [6.45, 7) is 15.0. The molecule has 0 saturated carbocycles. The van der Waals surface area contributed by atoms with E-state index < -0.39 is 61.6 Å². The molecule has 1 aliphatic heterocycles. The van der Waals surface area contributed by atoms with E-state index in [4.69, 9.17) is 14.9 Å². The highest BCUT2D eigenvalue weighted by Gasteiger charge is 2.49. The molecule has 44 heavy (non-hydrogen) atoms. The zero-order chi connectivity index (χ0) is 33.2. The van der Waals surface area contributed by atoms with Crippen LogP contribution in [0.5, 0.6) is 0 Å². The van der Waals surface area contributed by atoms with Gasteiger partial charge in [-0.3, -0.25) is 19.3 Å². The first kappa shape index (κ1) is 34.8. The Hall–Kier alpha value is -3.64. The van der Waals surface area contributed by atoms with Crippen LogP contribution in [0, 0.1) is 11.6 Å². The van der Waals surface area contributed by atoms with Crippen LogP contribution in [0.4, 0.5) is 13.6 Å². The number of carbonyl (C=O) groups is 4. The number of likely N-dealkylation sites (tertiary alicyclic amines) is 1. The SMILES string of the molecule is CC(C)(C)OC(=O)N1CC(=O)CC1C(O[Si](C)(C)C(C)(C)C)C(Cc1cc(F)cc(F)c1)NC(=O)c1cccc(C(N)=O)c1. The van der Waals surface area contributed by atoms with Crippen LogP contribution in [-0.2, 0) is 20.4 Å². The van der Waals surface area contributed by atoms with E-state index in [2.05, 4.69) is 5.32 Å². The van der Waals surface area contributed by atoms with Crippen LogP contribution in [0.3, 0.4) is 0 Å². The number of rotatable bonds is 9. The van der Waals surface area contributed by atoms with Gasteiger partial charge in [0.15, 0.2) is 14.1 Å². The molecule has 3 N–H and O–H groups in total. The van der Waals surface area contributed by atoms with Crippen molar-refractivity contribution in [3.63, 3.8) is 0 Å². The molecule has 12 heteroatoms. The molecule has 0 aliphatic carbocycles. The number of halogens is 2. The maximum atomic E-state index is 14.3. The quantitative estimate of drug-likeness (QED) is 0.358. The fraction of sp³-hybridized carbons (Fsp3) is 0.500. The van der Waals surface area contributed by atoms with Crippen molar-refractivity contribution < 1.29 is 37.1 Å². The summed E-state index contributed by atoms with van der Waals surface area (Å²) in [4.78, 5) is 53.0. The highest BCUT2D eigenvalue weighted by Crippen LogP contribution is 2.39. The highest BCUT2D eigenvalue weighted by atomic mass is 28.4. The van der Waals surface area contributed by atoms with Gasteiger partial charge in [-0.1, -0.05) is 26.8 Å². The third kappa shape index (κ3) is 8.95. The van der Waals surface area contributed by atoms with Crippen LogP contribution in [-0.4, -0.2) is 67.2 Å². The Morgan fingerprint density at radius 3 is 2.16 bits per heavy atom. The molecular formula is C32H43F2N3O6Si. The molecule has 0 bridgehead atoms. The van der Waals surface area contributed by atoms with Gasteiger partial charge in [0.1, 0.15) is 17.2 Å². The summed E-state index contributed by atoms with van der Waals surface area (Å²) in [5.41, 5.74) is 5.04. The van der Waals surface area contributed by atoms with Crippen molar-refractivity contribution in [3.05, 3.63) is 70.8 Å².